The minimum absolute atomic E-state index is 0. The maximum absolute atomic E-state index is 4.63. The van der Waals surface area contributed by atoms with Crippen molar-refractivity contribution < 1.29 is 0 Å². The molecule has 1 aromatic carbocycles. The molecule has 0 atom stereocenters. The summed E-state index contributed by atoms with van der Waals surface area (Å²) in [4.78, 5) is 4.63. The third kappa shape index (κ3) is 7.02. The molecule has 0 bridgehead atoms. The smallest absolute Gasteiger partial charge is 0.101 e. The molecule has 102 valence electrons. The Balaban J connectivity index is 0.00000289. The van der Waals surface area contributed by atoms with Gasteiger partial charge >= 0.3 is 0 Å². The van der Waals surface area contributed by atoms with Gasteiger partial charge in [-0.15, -0.1) is 12.4 Å². The van der Waals surface area contributed by atoms with Crippen LogP contribution < -0.4 is 5.32 Å². The van der Waals surface area contributed by atoms with Gasteiger partial charge in [-0.2, -0.15) is 0 Å². The molecule has 1 aromatic rings. The van der Waals surface area contributed by atoms with E-state index in [4.69, 9.17) is 0 Å². The number of aliphatic imine (C=N–C) groups is 1. The molecule has 0 aliphatic carbocycles. The van der Waals surface area contributed by atoms with Gasteiger partial charge in [0, 0.05) is 23.0 Å². The van der Waals surface area contributed by atoms with Crippen LogP contribution in [0.1, 0.15) is 33.3 Å². The number of nitrogens with one attached hydrogen (secondary N) is 1. The van der Waals surface area contributed by atoms with Crippen molar-refractivity contribution >= 4 is 34.2 Å². The predicted molar refractivity (Wildman–Crippen MR) is 85.9 cm³/mol. The molecule has 0 fully saturated rings. The lowest BCUT2D eigenvalue weighted by Gasteiger charge is -2.14. The first kappa shape index (κ1) is 17.5. The molecule has 0 saturated heterocycles. The minimum atomic E-state index is 0. The lowest BCUT2D eigenvalue weighted by Crippen LogP contribution is -2.32. The van der Waals surface area contributed by atoms with Crippen molar-refractivity contribution in [3.05, 3.63) is 34.3 Å². The molecule has 1 N–H and O–H groups in total. The van der Waals surface area contributed by atoms with E-state index >= 15 is 0 Å². The van der Waals surface area contributed by atoms with Crippen molar-refractivity contribution in [3.8, 4) is 0 Å². The Morgan fingerprint density at radius 1 is 1.28 bits per heavy atom. The van der Waals surface area contributed by atoms with Crippen LogP contribution in [0.4, 0.5) is 0 Å². The second-order valence-electron chi connectivity index (χ2n) is 4.78. The molecule has 4 heteroatoms. The van der Waals surface area contributed by atoms with Gasteiger partial charge in [0.05, 0.1) is 0 Å². The van der Waals surface area contributed by atoms with E-state index in [2.05, 4.69) is 72.1 Å². The third-order valence-corrected chi connectivity index (χ3v) is 2.62. The first-order valence-electron chi connectivity index (χ1n) is 6.05. The van der Waals surface area contributed by atoms with Crippen LogP contribution in [0.15, 0.2) is 33.7 Å². The molecule has 0 radical (unpaired) electrons. The van der Waals surface area contributed by atoms with Gasteiger partial charge in [-0.05, 0) is 45.4 Å². The number of hydrogen-bond donors (Lipinski definition) is 1. The highest BCUT2D eigenvalue weighted by Crippen LogP contribution is 2.12. The fourth-order valence-corrected chi connectivity index (χ4v) is 2.07. The number of nitrogens with zero attached hydrogens (tertiary/aromatic N) is 1. The van der Waals surface area contributed by atoms with Gasteiger partial charge in [0.25, 0.3) is 0 Å². The van der Waals surface area contributed by atoms with E-state index in [1.165, 1.54) is 5.56 Å². The molecule has 0 unspecified atom stereocenters. The molecule has 0 saturated carbocycles. The molecule has 0 aliphatic rings. The Morgan fingerprint density at radius 3 is 2.44 bits per heavy atom. The summed E-state index contributed by atoms with van der Waals surface area (Å²) in [5.41, 5.74) is 1.27. The second-order valence-corrected chi connectivity index (χ2v) is 5.69. The highest BCUT2D eigenvalue weighted by molar-refractivity contribution is 9.10. The van der Waals surface area contributed by atoms with Crippen LogP contribution >= 0.6 is 28.3 Å². The maximum atomic E-state index is 4.63. The first-order valence-corrected chi connectivity index (χ1v) is 6.84. The summed E-state index contributed by atoms with van der Waals surface area (Å²) in [5.74, 6) is 1.06. The molecule has 1 rings (SSSR count). The largest absolute Gasteiger partial charge is 0.371 e. The summed E-state index contributed by atoms with van der Waals surface area (Å²) >= 11 is 3.49. The zero-order valence-corrected chi connectivity index (χ0v) is 13.8. The molecular formula is C14H22BrClN2. The monoisotopic (exact) mass is 332 g/mol. The van der Waals surface area contributed by atoms with E-state index in [1.807, 2.05) is 6.07 Å². The number of amidine groups is 1. The molecule has 2 nitrogen and oxygen atoms in total. The molecule has 0 heterocycles. The summed E-state index contributed by atoms with van der Waals surface area (Å²) < 4.78 is 1.11. The maximum Gasteiger partial charge on any atom is 0.101 e. The van der Waals surface area contributed by atoms with Gasteiger partial charge in [0.2, 0.25) is 0 Å². The number of benzene rings is 1. The van der Waals surface area contributed by atoms with Gasteiger partial charge < -0.3 is 5.32 Å². The van der Waals surface area contributed by atoms with Gasteiger partial charge in [0.1, 0.15) is 5.84 Å². The number of halogens is 2. The highest BCUT2D eigenvalue weighted by atomic mass is 79.9. The Bertz CT molecular complexity index is 389. The summed E-state index contributed by atoms with van der Waals surface area (Å²) in [5, 5.41) is 3.41. The van der Waals surface area contributed by atoms with Gasteiger partial charge in [-0.25, -0.2) is 0 Å². The van der Waals surface area contributed by atoms with Crippen LogP contribution in [0.5, 0.6) is 0 Å². The summed E-state index contributed by atoms with van der Waals surface area (Å²) in [6.45, 7) is 8.47. The topological polar surface area (TPSA) is 24.4 Å². The quantitative estimate of drug-likeness (QED) is 0.647. The Kier molecular flexibility index (Phi) is 8.29. The summed E-state index contributed by atoms with van der Waals surface area (Å²) in [6.07, 6.45) is 0.857. The van der Waals surface area contributed by atoms with E-state index < -0.39 is 0 Å². The first-order chi connectivity index (χ1) is 7.97. The van der Waals surface area contributed by atoms with Crippen molar-refractivity contribution in [1.82, 2.24) is 5.32 Å². The molecule has 0 aromatic heterocycles. The van der Waals surface area contributed by atoms with E-state index in [0.29, 0.717) is 12.1 Å². The SMILES string of the molecule is CC(C)N=C(Cc1cccc(Br)c1)NC(C)C.Cl. The second kappa shape index (κ2) is 8.54. The summed E-state index contributed by atoms with van der Waals surface area (Å²) in [7, 11) is 0. The Hall–Kier alpha value is -0.540. The lowest BCUT2D eigenvalue weighted by molar-refractivity contribution is 0.709. The summed E-state index contributed by atoms with van der Waals surface area (Å²) in [6, 6.07) is 9.10. The van der Waals surface area contributed by atoms with Crippen LogP contribution in [0, 0.1) is 0 Å². The average Bonchev–Trinajstić information content (AvgIpc) is 2.14. The molecule has 0 spiro atoms. The molecule has 0 aliphatic heterocycles. The number of hydrogen-bond acceptors (Lipinski definition) is 1. The Morgan fingerprint density at radius 2 is 1.94 bits per heavy atom. The van der Waals surface area contributed by atoms with Crippen LogP contribution in [-0.2, 0) is 6.42 Å². The highest BCUT2D eigenvalue weighted by Gasteiger charge is 2.04. The van der Waals surface area contributed by atoms with Crippen LogP contribution in [0.25, 0.3) is 0 Å². The van der Waals surface area contributed by atoms with Crippen LogP contribution in [-0.4, -0.2) is 17.9 Å². The average molecular weight is 334 g/mol. The van der Waals surface area contributed by atoms with Gasteiger partial charge in [0.15, 0.2) is 0 Å². The van der Waals surface area contributed by atoms with Crippen LogP contribution in [0.3, 0.4) is 0 Å². The third-order valence-electron chi connectivity index (χ3n) is 2.13. The lowest BCUT2D eigenvalue weighted by atomic mass is 10.1. The van der Waals surface area contributed by atoms with Crippen molar-refractivity contribution in [2.45, 2.75) is 46.2 Å². The Labute approximate surface area is 125 Å². The van der Waals surface area contributed by atoms with E-state index in [1.54, 1.807) is 0 Å². The fourth-order valence-electron chi connectivity index (χ4n) is 1.62. The van der Waals surface area contributed by atoms with E-state index in [0.717, 1.165) is 16.7 Å². The van der Waals surface area contributed by atoms with Crippen LogP contribution in [0.2, 0.25) is 0 Å². The van der Waals surface area contributed by atoms with E-state index in [9.17, 15) is 0 Å². The van der Waals surface area contributed by atoms with Crippen molar-refractivity contribution in [2.24, 2.45) is 4.99 Å². The van der Waals surface area contributed by atoms with Crippen molar-refractivity contribution in [2.75, 3.05) is 0 Å². The number of rotatable bonds is 4. The molecular weight excluding hydrogens is 312 g/mol. The van der Waals surface area contributed by atoms with Gasteiger partial charge in [-0.1, -0.05) is 28.1 Å². The fraction of sp³-hybridized carbons (Fsp3) is 0.500. The zero-order valence-electron chi connectivity index (χ0n) is 11.4. The van der Waals surface area contributed by atoms with E-state index in [-0.39, 0.29) is 12.4 Å². The standard InChI is InChI=1S/C14H21BrN2.ClH/c1-10(2)16-14(17-11(3)4)9-12-6-5-7-13(15)8-12;/h5-8,10-11H,9H2,1-4H3,(H,16,17);1H. The minimum Gasteiger partial charge on any atom is -0.371 e. The molecule has 0 amide bonds. The normalized spacial score (nSPS) is 11.6. The van der Waals surface area contributed by atoms with Crippen molar-refractivity contribution in [3.63, 3.8) is 0 Å². The molecule has 18 heavy (non-hydrogen) atoms. The predicted octanol–water partition coefficient (Wildman–Crippen LogP) is 4.22. The van der Waals surface area contributed by atoms with Gasteiger partial charge in [-0.3, -0.25) is 4.99 Å². The van der Waals surface area contributed by atoms with Crippen molar-refractivity contribution in [1.29, 1.82) is 0 Å². The zero-order chi connectivity index (χ0) is 12.8.